The van der Waals surface area contributed by atoms with Gasteiger partial charge in [-0.1, -0.05) is 17.7 Å². The number of carbonyl (C=O) groups is 2. The number of pyridine rings is 1. The van der Waals surface area contributed by atoms with Crippen LogP contribution in [-0.2, 0) is 0 Å². The summed E-state index contributed by atoms with van der Waals surface area (Å²) in [6.07, 6.45) is 1.33. The second kappa shape index (κ2) is 7.98. The molecule has 0 bridgehead atoms. The average Bonchev–Trinajstić information content (AvgIpc) is 2.57. The van der Waals surface area contributed by atoms with Gasteiger partial charge in [0.25, 0.3) is 11.8 Å². The first-order chi connectivity index (χ1) is 11.8. The second-order valence-corrected chi connectivity index (χ2v) is 6.10. The van der Waals surface area contributed by atoms with E-state index in [1.807, 2.05) is 13.8 Å². The molecule has 7 heteroatoms. The van der Waals surface area contributed by atoms with Gasteiger partial charge >= 0.3 is 0 Å². The van der Waals surface area contributed by atoms with Crippen LogP contribution in [0.25, 0.3) is 0 Å². The molecule has 1 heterocycles. The Morgan fingerprint density at radius 1 is 1.24 bits per heavy atom. The quantitative estimate of drug-likeness (QED) is 0.854. The topological polar surface area (TPSA) is 80.3 Å². The van der Waals surface area contributed by atoms with Crippen molar-refractivity contribution in [3.8, 4) is 5.88 Å². The van der Waals surface area contributed by atoms with Crippen LogP contribution in [0, 0.1) is 6.92 Å². The first kappa shape index (κ1) is 18.7. The van der Waals surface area contributed by atoms with Gasteiger partial charge in [-0.25, -0.2) is 4.98 Å². The van der Waals surface area contributed by atoms with Crippen molar-refractivity contribution in [3.05, 3.63) is 52.2 Å². The molecule has 0 aliphatic rings. The summed E-state index contributed by atoms with van der Waals surface area (Å²) in [7, 11) is 1.56. The van der Waals surface area contributed by atoms with Gasteiger partial charge in [0.1, 0.15) is 5.02 Å². The van der Waals surface area contributed by atoms with Crippen LogP contribution in [0.1, 0.15) is 40.1 Å². The average molecular weight is 362 g/mol. The van der Waals surface area contributed by atoms with E-state index in [-0.39, 0.29) is 28.8 Å². The van der Waals surface area contributed by atoms with E-state index < -0.39 is 0 Å². The highest BCUT2D eigenvalue weighted by atomic mass is 35.5. The first-order valence-corrected chi connectivity index (χ1v) is 8.16. The maximum Gasteiger partial charge on any atom is 0.257 e. The van der Waals surface area contributed by atoms with Crippen LogP contribution in [0.4, 0.5) is 5.69 Å². The van der Waals surface area contributed by atoms with Crippen LogP contribution in [0.15, 0.2) is 30.5 Å². The number of aromatic nitrogens is 1. The molecule has 132 valence electrons. The summed E-state index contributed by atoms with van der Waals surface area (Å²) in [6, 6.07) is 6.63. The number of benzene rings is 1. The van der Waals surface area contributed by atoms with Crippen molar-refractivity contribution >= 4 is 29.1 Å². The predicted octanol–water partition coefficient (Wildman–Crippen LogP) is 3.44. The number of ether oxygens (including phenoxy) is 1. The van der Waals surface area contributed by atoms with Crippen molar-refractivity contribution in [2.75, 3.05) is 12.4 Å². The minimum atomic E-state index is -0.373. The number of anilines is 1. The zero-order chi connectivity index (χ0) is 18.6. The Hall–Kier alpha value is -2.60. The molecule has 0 saturated carbocycles. The number of nitrogens with one attached hydrogen (secondary N) is 2. The van der Waals surface area contributed by atoms with E-state index in [0.717, 1.165) is 0 Å². The molecule has 0 fully saturated rings. The predicted molar refractivity (Wildman–Crippen MR) is 97.5 cm³/mol. The van der Waals surface area contributed by atoms with Crippen LogP contribution < -0.4 is 15.4 Å². The normalized spacial score (nSPS) is 10.5. The van der Waals surface area contributed by atoms with Gasteiger partial charge in [-0.15, -0.1) is 0 Å². The molecule has 0 radical (unpaired) electrons. The van der Waals surface area contributed by atoms with E-state index >= 15 is 0 Å². The lowest BCUT2D eigenvalue weighted by Crippen LogP contribution is -2.20. The summed E-state index contributed by atoms with van der Waals surface area (Å²) in [4.78, 5) is 28.4. The third-order valence-electron chi connectivity index (χ3n) is 3.47. The van der Waals surface area contributed by atoms with Crippen molar-refractivity contribution in [3.63, 3.8) is 0 Å². The molecule has 0 aliphatic heterocycles. The third kappa shape index (κ3) is 4.48. The van der Waals surface area contributed by atoms with E-state index in [0.29, 0.717) is 22.4 Å². The van der Waals surface area contributed by atoms with Crippen LogP contribution >= 0.6 is 11.6 Å². The van der Waals surface area contributed by atoms with E-state index in [1.165, 1.54) is 12.3 Å². The lowest BCUT2D eigenvalue weighted by atomic mass is 10.1. The summed E-state index contributed by atoms with van der Waals surface area (Å²) >= 11 is 6.12. The minimum absolute atomic E-state index is 0.0697. The second-order valence-electron chi connectivity index (χ2n) is 5.69. The van der Waals surface area contributed by atoms with E-state index in [2.05, 4.69) is 15.6 Å². The van der Waals surface area contributed by atoms with E-state index in [1.54, 1.807) is 32.2 Å². The molecule has 0 unspecified atom stereocenters. The number of hydrogen-bond acceptors (Lipinski definition) is 4. The minimum Gasteiger partial charge on any atom is -0.474 e. The van der Waals surface area contributed by atoms with Gasteiger partial charge in [-0.3, -0.25) is 9.59 Å². The Kier molecular flexibility index (Phi) is 5.98. The fourth-order valence-electron chi connectivity index (χ4n) is 2.21. The van der Waals surface area contributed by atoms with Gasteiger partial charge in [0.05, 0.1) is 11.7 Å². The molecule has 1 aromatic carbocycles. The highest BCUT2D eigenvalue weighted by Gasteiger charge is 2.15. The lowest BCUT2D eigenvalue weighted by molar-refractivity contribution is 0.0960. The summed E-state index contributed by atoms with van der Waals surface area (Å²) in [5, 5.41) is 5.61. The molecule has 0 spiro atoms. The summed E-state index contributed by atoms with van der Waals surface area (Å²) in [5.74, 6) is -0.304. The number of nitrogens with zero attached hydrogens (tertiary/aromatic N) is 1. The van der Waals surface area contributed by atoms with Crippen molar-refractivity contribution in [1.82, 2.24) is 10.3 Å². The maximum atomic E-state index is 12.5. The number of hydrogen-bond donors (Lipinski definition) is 2. The summed E-state index contributed by atoms with van der Waals surface area (Å²) in [6.45, 7) is 5.49. The Labute approximate surface area is 151 Å². The number of rotatable bonds is 5. The zero-order valence-corrected chi connectivity index (χ0v) is 15.3. The summed E-state index contributed by atoms with van der Waals surface area (Å²) < 4.78 is 5.45. The van der Waals surface area contributed by atoms with E-state index in [4.69, 9.17) is 16.3 Å². The zero-order valence-electron chi connectivity index (χ0n) is 14.5. The number of halogens is 1. The van der Waals surface area contributed by atoms with Crippen molar-refractivity contribution in [2.45, 2.75) is 26.9 Å². The monoisotopic (exact) mass is 361 g/mol. The Bertz CT molecular complexity index is 806. The highest BCUT2D eigenvalue weighted by Crippen LogP contribution is 2.25. The summed E-state index contributed by atoms with van der Waals surface area (Å²) in [5.41, 5.74) is 2.02. The Morgan fingerprint density at radius 2 is 1.96 bits per heavy atom. The molecule has 2 N–H and O–H groups in total. The molecule has 25 heavy (non-hydrogen) atoms. The smallest absolute Gasteiger partial charge is 0.257 e. The fraction of sp³-hybridized carbons (Fsp3) is 0.278. The SMILES string of the molecule is CNC(=O)c1cccc(NC(=O)c2cnc(OC(C)C)c(Cl)c2)c1C. The largest absolute Gasteiger partial charge is 0.474 e. The Morgan fingerprint density at radius 3 is 2.56 bits per heavy atom. The molecule has 2 amide bonds. The molecular formula is C18H20ClN3O3. The Balaban J connectivity index is 2.23. The molecule has 0 atom stereocenters. The molecule has 2 rings (SSSR count). The maximum absolute atomic E-state index is 12.5. The van der Waals surface area contributed by atoms with E-state index in [9.17, 15) is 9.59 Å². The van der Waals surface area contributed by atoms with Crippen molar-refractivity contribution in [1.29, 1.82) is 0 Å². The molecule has 2 aromatic rings. The third-order valence-corrected chi connectivity index (χ3v) is 3.74. The van der Waals surface area contributed by atoms with Crippen LogP contribution in [-0.4, -0.2) is 29.9 Å². The fourth-order valence-corrected chi connectivity index (χ4v) is 2.42. The highest BCUT2D eigenvalue weighted by molar-refractivity contribution is 6.32. The van der Waals surface area contributed by atoms with Gasteiger partial charge in [0.15, 0.2) is 0 Å². The number of carbonyl (C=O) groups excluding carboxylic acids is 2. The van der Waals surface area contributed by atoms with Crippen LogP contribution in [0.3, 0.4) is 0 Å². The van der Waals surface area contributed by atoms with Crippen LogP contribution in [0.2, 0.25) is 5.02 Å². The van der Waals surface area contributed by atoms with Gasteiger partial charge in [-0.2, -0.15) is 0 Å². The van der Waals surface area contributed by atoms with Crippen molar-refractivity contribution < 1.29 is 14.3 Å². The van der Waals surface area contributed by atoms with Gasteiger partial charge in [0, 0.05) is 24.5 Å². The number of amides is 2. The first-order valence-electron chi connectivity index (χ1n) is 7.78. The molecule has 1 aromatic heterocycles. The van der Waals surface area contributed by atoms with Gasteiger partial charge in [0.2, 0.25) is 5.88 Å². The lowest BCUT2D eigenvalue weighted by Gasteiger charge is -2.13. The van der Waals surface area contributed by atoms with Gasteiger partial charge in [-0.05, 0) is 44.5 Å². The van der Waals surface area contributed by atoms with Gasteiger partial charge < -0.3 is 15.4 Å². The molecule has 0 aliphatic carbocycles. The molecular weight excluding hydrogens is 342 g/mol. The van der Waals surface area contributed by atoms with Crippen molar-refractivity contribution in [2.24, 2.45) is 0 Å². The standard InChI is InChI=1S/C18H20ClN3O3/c1-10(2)25-18-14(19)8-12(9-21-18)16(23)22-15-7-5-6-13(11(15)3)17(24)20-4/h5-10H,1-4H3,(H,20,24)(H,22,23). The molecule has 6 nitrogen and oxygen atoms in total. The molecule has 0 saturated heterocycles. The van der Waals surface area contributed by atoms with Crippen LogP contribution in [0.5, 0.6) is 5.88 Å².